The third-order valence-electron chi connectivity index (χ3n) is 6.03. The molecule has 0 spiro atoms. The van der Waals surface area contributed by atoms with Crippen molar-refractivity contribution in [3.63, 3.8) is 0 Å². The second kappa shape index (κ2) is 9.76. The standard InChI is InChI=1S/C24H20Cl2F3N5O2/c25-18-2-1-3-19(26)20(18)34-13-36-21-17(22(34)35)11-30-23(32-21)31-16-5-4-14-6-8-33(12-15(14)10-16)9-7-24(27,28)29/h1-5,10-11H,6-9,12-13H2,(H,30,31,32). The maximum Gasteiger partial charge on any atom is 0.390 e. The molecule has 2 aliphatic rings. The number of hydrogen-bond donors (Lipinski definition) is 1. The van der Waals surface area contributed by atoms with Crippen LogP contribution in [-0.2, 0) is 13.0 Å². The first-order valence-electron chi connectivity index (χ1n) is 11.1. The van der Waals surface area contributed by atoms with Crippen molar-refractivity contribution in [2.45, 2.75) is 25.6 Å². The largest absolute Gasteiger partial charge is 0.455 e. The molecule has 0 fully saturated rings. The van der Waals surface area contributed by atoms with Gasteiger partial charge in [0.2, 0.25) is 11.8 Å². The van der Waals surface area contributed by atoms with Crippen LogP contribution in [0.3, 0.4) is 0 Å². The van der Waals surface area contributed by atoms with Crippen molar-refractivity contribution < 1.29 is 22.7 Å². The van der Waals surface area contributed by atoms with Crippen molar-refractivity contribution in [3.8, 4) is 5.88 Å². The van der Waals surface area contributed by atoms with E-state index in [0.717, 1.165) is 11.1 Å². The monoisotopic (exact) mass is 537 g/mol. The number of alkyl halides is 3. The lowest BCUT2D eigenvalue weighted by Crippen LogP contribution is -2.39. The normalized spacial score (nSPS) is 15.8. The minimum absolute atomic E-state index is 0.0314. The number of amides is 1. The maximum atomic E-state index is 13.1. The molecular weight excluding hydrogens is 518 g/mol. The van der Waals surface area contributed by atoms with Crippen LogP contribution in [0.15, 0.2) is 42.6 Å². The summed E-state index contributed by atoms with van der Waals surface area (Å²) in [5.74, 6) is -0.0609. The zero-order valence-electron chi connectivity index (χ0n) is 18.8. The number of para-hydroxylation sites is 1. The van der Waals surface area contributed by atoms with Gasteiger partial charge in [-0.3, -0.25) is 14.6 Å². The molecule has 2 aliphatic heterocycles. The van der Waals surface area contributed by atoms with Gasteiger partial charge < -0.3 is 10.1 Å². The van der Waals surface area contributed by atoms with Crippen molar-refractivity contribution in [2.75, 3.05) is 30.0 Å². The molecule has 0 aliphatic carbocycles. The molecule has 2 aromatic carbocycles. The SMILES string of the molecule is O=C1c2cnc(Nc3ccc4c(c3)CN(CCC(F)(F)F)CC4)nc2OCN1c1c(Cl)cccc1Cl. The van der Waals surface area contributed by atoms with Crippen LogP contribution in [0.1, 0.15) is 27.9 Å². The van der Waals surface area contributed by atoms with E-state index in [1.165, 1.54) is 11.1 Å². The number of nitrogens with one attached hydrogen (secondary N) is 1. The number of rotatable bonds is 5. The first-order valence-corrected chi connectivity index (χ1v) is 11.9. The number of carbonyl (C=O) groups is 1. The highest BCUT2D eigenvalue weighted by atomic mass is 35.5. The number of halogens is 5. The fourth-order valence-electron chi connectivity index (χ4n) is 4.22. The molecule has 1 amide bonds. The Bertz CT molecular complexity index is 1300. The van der Waals surface area contributed by atoms with Crippen LogP contribution in [0, 0.1) is 0 Å². The summed E-state index contributed by atoms with van der Waals surface area (Å²) < 4.78 is 43.5. The summed E-state index contributed by atoms with van der Waals surface area (Å²) in [5.41, 5.74) is 3.23. The van der Waals surface area contributed by atoms with Gasteiger partial charge in [0.1, 0.15) is 5.56 Å². The lowest BCUT2D eigenvalue weighted by atomic mass is 9.99. The smallest absolute Gasteiger partial charge is 0.390 e. The minimum Gasteiger partial charge on any atom is -0.455 e. The van der Waals surface area contributed by atoms with Crippen molar-refractivity contribution in [2.24, 2.45) is 0 Å². The Labute approximate surface area is 214 Å². The van der Waals surface area contributed by atoms with E-state index in [1.807, 2.05) is 18.2 Å². The number of aromatic nitrogens is 2. The second-order valence-corrected chi connectivity index (χ2v) is 9.30. The molecule has 3 heterocycles. The van der Waals surface area contributed by atoms with E-state index in [-0.39, 0.29) is 30.7 Å². The quantitative estimate of drug-likeness (QED) is 0.441. The Balaban J connectivity index is 1.30. The highest BCUT2D eigenvalue weighted by Crippen LogP contribution is 2.37. The second-order valence-electron chi connectivity index (χ2n) is 8.49. The Morgan fingerprint density at radius 2 is 1.89 bits per heavy atom. The van der Waals surface area contributed by atoms with Crippen LogP contribution in [0.2, 0.25) is 10.0 Å². The molecule has 188 valence electrons. The Morgan fingerprint density at radius 1 is 1.11 bits per heavy atom. The molecule has 0 radical (unpaired) electrons. The molecule has 0 saturated heterocycles. The third-order valence-corrected chi connectivity index (χ3v) is 6.64. The van der Waals surface area contributed by atoms with Gasteiger partial charge in [0.05, 0.1) is 22.2 Å². The maximum absolute atomic E-state index is 13.1. The average Bonchev–Trinajstić information content (AvgIpc) is 2.83. The summed E-state index contributed by atoms with van der Waals surface area (Å²) in [5, 5.41) is 3.71. The molecule has 1 aromatic heterocycles. The molecule has 0 saturated carbocycles. The van der Waals surface area contributed by atoms with E-state index in [2.05, 4.69) is 15.3 Å². The van der Waals surface area contributed by atoms with Crippen LogP contribution in [0.4, 0.5) is 30.5 Å². The fraction of sp³-hybridized carbons (Fsp3) is 0.292. The van der Waals surface area contributed by atoms with E-state index in [4.69, 9.17) is 27.9 Å². The lowest BCUT2D eigenvalue weighted by Gasteiger charge is -2.29. The summed E-state index contributed by atoms with van der Waals surface area (Å²) in [6, 6.07) is 10.6. The van der Waals surface area contributed by atoms with Gasteiger partial charge in [-0.25, -0.2) is 4.98 Å². The molecule has 0 unspecified atom stereocenters. The first-order chi connectivity index (χ1) is 17.2. The Hall–Kier alpha value is -3.08. The fourth-order valence-corrected chi connectivity index (χ4v) is 4.83. The zero-order valence-corrected chi connectivity index (χ0v) is 20.3. The number of fused-ring (bicyclic) bond motifs is 2. The summed E-state index contributed by atoms with van der Waals surface area (Å²) >= 11 is 12.5. The summed E-state index contributed by atoms with van der Waals surface area (Å²) in [4.78, 5) is 24.7. The van der Waals surface area contributed by atoms with Crippen molar-refractivity contribution >= 4 is 46.4 Å². The first kappa shape index (κ1) is 24.6. The van der Waals surface area contributed by atoms with Crippen molar-refractivity contribution in [1.82, 2.24) is 14.9 Å². The number of anilines is 3. The topological polar surface area (TPSA) is 70.6 Å². The number of hydrogen-bond acceptors (Lipinski definition) is 6. The van der Waals surface area contributed by atoms with E-state index >= 15 is 0 Å². The van der Waals surface area contributed by atoms with Crippen LogP contribution >= 0.6 is 23.2 Å². The van der Waals surface area contributed by atoms with E-state index in [9.17, 15) is 18.0 Å². The predicted molar refractivity (Wildman–Crippen MR) is 130 cm³/mol. The molecular formula is C24H20Cl2F3N5O2. The summed E-state index contributed by atoms with van der Waals surface area (Å²) in [6.07, 6.45) is -2.96. The van der Waals surface area contributed by atoms with Gasteiger partial charge in [-0.15, -0.1) is 0 Å². The molecule has 12 heteroatoms. The number of nitrogens with zero attached hydrogens (tertiary/aromatic N) is 4. The van der Waals surface area contributed by atoms with Gasteiger partial charge in [0.15, 0.2) is 6.73 Å². The molecule has 0 bridgehead atoms. The summed E-state index contributed by atoms with van der Waals surface area (Å²) in [7, 11) is 0. The van der Waals surface area contributed by atoms with Gasteiger partial charge in [-0.2, -0.15) is 18.2 Å². The number of benzene rings is 2. The molecule has 7 nitrogen and oxygen atoms in total. The highest BCUT2D eigenvalue weighted by Gasteiger charge is 2.32. The van der Waals surface area contributed by atoms with Crippen LogP contribution in [0.5, 0.6) is 5.88 Å². The van der Waals surface area contributed by atoms with Gasteiger partial charge >= 0.3 is 6.18 Å². The van der Waals surface area contributed by atoms with Gasteiger partial charge in [0.25, 0.3) is 5.91 Å². The van der Waals surface area contributed by atoms with Crippen molar-refractivity contribution in [3.05, 3.63) is 69.3 Å². The van der Waals surface area contributed by atoms with Crippen LogP contribution in [-0.4, -0.2) is 46.8 Å². The van der Waals surface area contributed by atoms with Gasteiger partial charge in [-0.05, 0) is 41.8 Å². The number of carbonyl (C=O) groups excluding carboxylic acids is 1. The molecule has 5 rings (SSSR count). The highest BCUT2D eigenvalue weighted by molar-refractivity contribution is 6.40. The zero-order chi connectivity index (χ0) is 25.4. The Kier molecular flexibility index (Phi) is 6.67. The van der Waals surface area contributed by atoms with Crippen molar-refractivity contribution in [1.29, 1.82) is 0 Å². The van der Waals surface area contributed by atoms with Gasteiger partial charge in [-0.1, -0.05) is 35.3 Å². The number of ether oxygens (including phenoxy) is 1. The van der Waals surface area contributed by atoms with E-state index in [0.29, 0.717) is 40.9 Å². The lowest BCUT2D eigenvalue weighted by molar-refractivity contribution is -0.138. The average molecular weight is 538 g/mol. The third kappa shape index (κ3) is 5.21. The van der Waals surface area contributed by atoms with E-state index in [1.54, 1.807) is 23.1 Å². The van der Waals surface area contributed by atoms with Crippen LogP contribution in [0.25, 0.3) is 0 Å². The molecule has 1 N–H and O–H groups in total. The predicted octanol–water partition coefficient (Wildman–Crippen LogP) is 5.83. The molecule has 36 heavy (non-hydrogen) atoms. The van der Waals surface area contributed by atoms with Crippen LogP contribution < -0.4 is 15.0 Å². The molecule has 0 atom stereocenters. The van der Waals surface area contributed by atoms with E-state index < -0.39 is 18.5 Å². The summed E-state index contributed by atoms with van der Waals surface area (Å²) in [6.45, 7) is 0.865. The molecule has 3 aromatic rings. The van der Waals surface area contributed by atoms with Gasteiger partial charge in [0, 0.05) is 31.5 Å². The Morgan fingerprint density at radius 3 is 2.64 bits per heavy atom. The minimum atomic E-state index is -4.17.